The average Bonchev–Trinajstić information content (AvgIpc) is 3.19. The van der Waals surface area contributed by atoms with E-state index < -0.39 is 13.0 Å². The number of nitrogens with zero attached hydrogens (tertiary/aromatic N) is 4. The summed E-state index contributed by atoms with van der Waals surface area (Å²) in [6.45, 7) is 0.348. The molecular weight excluding hydrogens is 356 g/mol. The molecule has 8 nitrogen and oxygen atoms in total. The Morgan fingerprint density at radius 3 is 3.08 bits per heavy atom. The predicted octanol–water partition coefficient (Wildman–Crippen LogP) is 1.00. The summed E-state index contributed by atoms with van der Waals surface area (Å²) in [4.78, 5) is 20.9. The zero-order valence-corrected chi connectivity index (χ0v) is 14.4. The molecule has 0 atom stereocenters. The fraction of sp³-hybridized carbons (Fsp3) is 0.125. The Balaban J connectivity index is 1.59. The molecule has 3 aromatic rings. The van der Waals surface area contributed by atoms with E-state index in [0.29, 0.717) is 34.3 Å². The molecule has 1 aromatic carbocycles. The number of aromatic nitrogens is 4. The highest BCUT2D eigenvalue weighted by atomic mass is 35.5. The van der Waals surface area contributed by atoms with Gasteiger partial charge in [-0.05, 0) is 35.3 Å². The summed E-state index contributed by atoms with van der Waals surface area (Å²) < 4.78 is 6.59. The van der Waals surface area contributed by atoms with Gasteiger partial charge in [0.15, 0.2) is 5.82 Å². The van der Waals surface area contributed by atoms with Crippen LogP contribution >= 0.6 is 11.6 Å². The number of carbonyl (C=O) groups is 1. The number of hydrogen-bond donors (Lipinski definition) is 2. The number of carbonyl (C=O) groups excluding carboxylic acids is 1. The highest BCUT2D eigenvalue weighted by molar-refractivity contribution is 6.61. The Kier molecular flexibility index (Phi) is 4.19. The van der Waals surface area contributed by atoms with Crippen LogP contribution in [0.25, 0.3) is 11.5 Å². The molecule has 1 amide bonds. The van der Waals surface area contributed by atoms with Gasteiger partial charge in [0.05, 0.1) is 11.6 Å². The van der Waals surface area contributed by atoms with Gasteiger partial charge in [0.1, 0.15) is 5.69 Å². The highest BCUT2D eigenvalue weighted by Crippen LogP contribution is 2.23. The third kappa shape index (κ3) is 2.96. The number of benzene rings is 1. The molecule has 10 heteroatoms. The number of fused-ring (bicyclic) bond motifs is 1. The summed E-state index contributed by atoms with van der Waals surface area (Å²) in [5.41, 5.74) is 2.49. The molecule has 0 saturated heterocycles. The maximum atomic E-state index is 12.5. The number of halogens is 1. The van der Waals surface area contributed by atoms with Gasteiger partial charge in [-0.2, -0.15) is 0 Å². The minimum atomic E-state index is -0.979. The Morgan fingerprint density at radius 1 is 1.42 bits per heavy atom. The van der Waals surface area contributed by atoms with Crippen molar-refractivity contribution in [3.05, 3.63) is 52.9 Å². The minimum Gasteiger partial charge on any atom is -0.423 e. The highest BCUT2D eigenvalue weighted by Gasteiger charge is 2.27. The number of pyridine rings is 1. The summed E-state index contributed by atoms with van der Waals surface area (Å²) in [7, 11) is 0.681. The van der Waals surface area contributed by atoms with Crippen molar-refractivity contribution in [2.45, 2.75) is 6.61 Å². The van der Waals surface area contributed by atoms with Crippen molar-refractivity contribution in [3.8, 4) is 11.5 Å². The first-order valence-corrected chi connectivity index (χ1v) is 8.16. The molecular formula is C16H13BClN5O3. The smallest absolute Gasteiger partial charge is 0.423 e. The quantitative estimate of drug-likeness (QED) is 0.668. The van der Waals surface area contributed by atoms with Crippen LogP contribution in [0.15, 0.2) is 36.5 Å². The van der Waals surface area contributed by atoms with E-state index in [9.17, 15) is 9.82 Å². The van der Waals surface area contributed by atoms with Crippen LogP contribution in [-0.2, 0) is 18.3 Å². The van der Waals surface area contributed by atoms with E-state index in [-0.39, 0.29) is 5.82 Å². The van der Waals surface area contributed by atoms with Gasteiger partial charge in [-0.3, -0.25) is 9.78 Å². The molecule has 1 aliphatic heterocycles. The van der Waals surface area contributed by atoms with E-state index in [2.05, 4.69) is 20.4 Å². The number of aryl methyl sites for hydroxylation is 1. The zero-order chi connectivity index (χ0) is 18.3. The zero-order valence-electron chi connectivity index (χ0n) is 13.7. The van der Waals surface area contributed by atoms with Crippen LogP contribution in [0.5, 0.6) is 0 Å². The van der Waals surface area contributed by atoms with Gasteiger partial charge in [-0.25, -0.2) is 9.67 Å². The summed E-state index contributed by atoms with van der Waals surface area (Å²) in [6, 6.07) is 8.60. The standard InChI is InChI=1S/C16H13BClN5O3/c1-23-15(13-12(18)3-2-6-19-13)21-14(22-23)16(24)20-10-5-4-9-8-26-17(25)11(9)7-10/h2-7,25H,8H2,1H3,(H,20,24). The maximum Gasteiger partial charge on any atom is 0.491 e. The molecule has 26 heavy (non-hydrogen) atoms. The van der Waals surface area contributed by atoms with Crippen LogP contribution in [-0.4, -0.2) is 37.8 Å². The predicted molar refractivity (Wildman–Crippen MR) is 96.0 cm³/mol. The lowest BCUT2D eigenvalue weighted by Crippen LogP contribution is -2.28. The molecule has 2 N–H and O–H groups in total. The number of amides is 1. The molecule has 1 aliphatic rings. The van der Waals surface area contributed by atoms with Crippen molar-refractivity contribution in [2.24, 2.45) is 7.05 Å². The lowest BCUT2D eigenvalue weighted by molar-refractivity contribution is 0.101. The fourth-order valence-corrected chi connectivity index (χ4v) is 2.92. The molecule has 2 aromatic heterocycles. The van der Waals surface area contributed by atoms with Crippen LogP contribution in [0.3, 0.4) is 0 Å². The van der Waals surface area contributed by atoms with Gasteiger partial charge >= 0.3 is 7.12 Å². The van der Waals surface area contributed by atoms with Crippen molar-refractivity contribution in [1.29, 1.82) is 0 Å². The molecule has 0 spiro atoms. The van der Waals surface area contributed by atoms with Crippen molar-refractivity contribution in [3.63, 3.8) is 0 Å². The Hall–Kier alpha value is -2.75. The van der Waals surface area contributed by atoms with Crippen LogP contribution in [0.1, 0.15) is 16.2 Å². The van der Waals surface area contributed by atoms with Gasteiger partial charge in [-0.1, -0.05) is 17.7 Å². The Morgan fingerprint density at radius 2 is 2.27 bits per heavy atom. The molecule has 0 fully saturated rings. The van der Waals surface area contributed by atoms with Crippen LogP contribution in [0.4, 0.5) is 5.69 Å². The van der Waals surface area contributed by atoms with Crippen molar-refractivity contribution in [1.82, 2.24) is 19.7 Å². The first kappa shape index (κ1) is 16.7. The summed E-state index contributed by atoms with van der Waals surface area (Å²) in [5, 5.41) is 17.0. The maximum absolute atomic E-state index is 12.5. The van der Waals surface area contributed by atoms with Gasteiger partial charge in [0.25, 0.3) is 5.91 Å². The third-order valence-electron chi connectivity index (χ3n) is 4.00. The lowest BCUT2D eigenvalue weighted by atomic mass is 9.79. The van der Waals surface area contributed by atoms with Gasteiger partial charge in [0, 0.05) is 18.9 Å². The molecule has 0 bridgehead atoms. The molecule has 0 aliphatic carbocycles. The molecule has 0 unspecified atom stereocenters. The second kappa shape index (κ2) is 6.52. The van der Waals surface area contributed by atoms with Crippen molar-refractivity contribution < 1.29 is 14.5 Å². The SMILES string of the molecule is Cn1nc(C(=O)Nc2ccc3c(c2)B(O)OC3)nc1-c1ncccc1Cl. The monoisotopic (exact) mass is 369 g/mol. The molecule has 0 radical (unpaired) electrons. The first-order valence-electron chi connectivity index (χ1n) is 7.78. The van der Waals surface area contributed by atoms with E-state index in [4.69, 9.17) is 16.3 Å². The fourth-order valence-electron chi connectivity index (χ4n) is 2.72. The van der Waals surface area contributed by atoms with Crippen LogP contribution < -0.4 is 10.8 Å². The third-order valence-corrected chi connectivity index (χ3v) is 4.31. The number of nitrogens with one attached hydrogen (secondary N) is 1. The molecule has 3 heterocycles. The van der Waals surface area contributed by atoms with E-state index in [1.807, 2.05) is 0 Å². The second-order valence-electron chi connectivity index (χ2n) is 5.75. The second-order valence-corrected chi connectivity index (χ2v) is 6.15. The van der Waals surface area contributed by atoms with Gasteiger partial charge in [0.2, 0.25) is 5.82 Å². The lowest BCUT2D eigenvalue weighted by Gasteiger charge is -2.05. The minimum absolute atomic E-state index is 0.0125. The number of anilines is 1. The summed E-state index contributed by atoms with van der Waals surface area (Å²) in [5.74, 6) is -0.104. The largest absolute Gasteiger partial charge is 0.491 e. The van der Waals surface area contributed by atoms with Gasteiger partial charge in [-0.15, -0.1) is 5.10 Å². The van der Waals surface area contributed by atoms with E-state index in [1.54, 1.807) is 43.6 Å². The van der Waals surface area contributed by atoms with E-state index >= 15 is 0 Å². The Bertz CT molecular complexity index is 1010. The van der Waals surface area contributed by atoms with Crippen LogP contribution in [0, 0.1) is 0 Å². The normalized spacial score (nSPS) is 13.0. The molecule has 4 rings (SSSR count). The van der Waals surface area contributed by atoms with E-state index in [0.717, 1.165) is 5.56 Å². The summed E-state index contributed by atoms with van der Waals surface area (Å²) in [6.07, 6.45) is 1.59. The van der Waals surface area contributed by atoms with Crippen molar-refractivity contribution in [2.75, 3.05) is 5.32 Å². The summed E-state index contributed by atoms with van der Waals surface area (Å²) >= 11 is 6.14. The van der Waals surface area contributed by atoms with Gasteiger partial charge < -0.3 is 15.0 Å². The number of rotatable bonds is 3. The topological polar surface area (TPSA) is 102 Å². The molecule has 130 valence electrons. The van der Waals surface area contributed by atoms with Crippen LogP contribution in [0.2, 0.25) is 5.02 Å². The first-order chi connectivity index (χ1) is 12.5. The molecule has 0 saturated carbocycles. The van der Waals surface area contributed by atoms with Crippen molar-refractivity contribution >= 4 is 35.8 Å². The number of hydrogen-bond acceptors (Lipinski definition) is 6. The van der Waals surface area contributed by atoms with E-state index in [1.165, 1.54) is 4.68 Å². The Labute approximate surface area is 153 Å². The average molecular weight is 370 g/mol.